The first-order valence-corrected chi connectivity index (χ1v) is 10.3. The van der Waals surface area contributed by atoms with E-state index in [-0.39, 0.29) is 11.5 Å². The Kier molecular flexibility index (Phi) is 4.90. The lowest BCUT2D eigenvalue weighted by Gasteiger charge is -2.14. The molecule has 3 heterocycles. The van der Waals surface area contributed by atoms with Gasteiger partial charge >= 0.3 is 0 Å². The molecule has 0 bridgehead atoms. The third-order valence-electron chi connectivity index (χ3n) is 5.78. The minimum atomic E-state index is -0.171. The number of ketones is 1. The minimum Gasteiger partial charge on any atom is -0.496 e. The van der Waals surface area contributed by atoms with Gasteiger partial charge in [-0.2, -0.15) is 0 Å². The number of benzene rings is 1. The second-order valence-electron chi connectivity index (χ2n) is 7.58. The molecule has 1 aliphatic rings. The molecule has 1 aromatic carbocycles. The largest absolute Gasteiger partial charge is 0.496 e. The molecule has 0 unspecified atom stereocenters. The summed E-state index contributed by atoms with van der Waals surface area (Å²) in [5, 5.41) is 0.771. The Morgan fingerprint density at radius 1 is 0.968 bits per heavy atom. The zero-order valence-electron chi connectivity index (χ0n) is 17.5. The molecule has 0 fully saturated rings. The lowest BCUT2D eigenvalue weighted by molar-refractivity contribution is 0.101. The molecule has 5 rings (SSSR count). The number of hydrogen-bond acceptors (Lipinski definition) is 6. The third kappa shape index (κ3) is 3.34. The number of hydrogen-bond donors (Lipinski definition) is 0. The van der Waals surface area contributed by atoms with E-state index >= 15 is 0 Å². The number of pyridine rings is 2. The average Bonchev–Trinajstić information content (AvgIpc) is 3.32. The summed E-state index contributed by atoms with van der Waals surface area (Å²) in [6, 6.07) is 11.0. The van der Waals surface area contributed by atoms with Gasteiger partial charge in [-0.25, -0.2) is 0 Å². The van der Waals surface area contributed by atoms with E-state index in [9.17, 15) is 4.79 Å². The molecule has 0 radical (unpaired) electrons. The van der Waals surface area contributed by atoms with Crippen molar-refractivity contribution < 1.29 is 18.7 Å². The number of fused-ring (bicyclic) bond motifs is 2. The Labute approximate surface area is 179 Å². The van der Waals surface area contributed by atoms with Crippen molar-refractivity contribution in [3.63, 3.8) is 0 Å². The van der Waals surface area contributed by atoms with Gasteiger partial charge in [-0.3, -0.25) is 14.8 Å². The molecule has 0 spiro atoms. The summed E-state index contributed by atoms with van der Waals surface area (Å²) in [4.78, 5) is 22.0. The molecule has 156 valence electrons. The molecule has 6 heteroatoms. The van der Waals surface area contributed by atoms with Gasteiger partial charge in [0, 0.05) is 29.2 Å². The van der Waals surface area contributed by atoms with Gasteiger partial charge in [-0.1, -0.05) is 0 Å². The highest BCUT2D eigenvalue weighted by Crippen LogP contribution is 2.39. The lowest BCUT2D eigenvalue weighted by Crippen LogP contribution is -2.09. The summed E-state index contributed by atoms with van der Waals surface area (Å²) in [6.45, 7) is 0. The predicted octanol–water partition coefficient (Wildman–Crippen LogP) is 5.02. The fourth-order valence-corrected chi connectivity index (χ4v) is 4.21. The summed E-state index contributed by atoms with van der Waals surface area (Å²) in [7, 11) is 3.21. The number of methoxy groups -OCH3 is 2. The summed E-state index contributed by atoms with van der Waals surface area (Å²) < 4.78 is 17.0. The van der Waals surface area contributed by atoms with Gasteiger partial charge in [-0.15, -0.1) is 0 Å². The number of ether oxygens (including phenoxy) is 2. The van der Waals surface area contributed by atoms with Crippen molar-refractivity contribution in [1.82, 2.24) is 9.97 Å². The summed E-state index contributed by atoms with van der Waals surface area (Å²) in [6.07, 6.45) is 7.59. The molecule has 1 aliphatic carbocycles. The Balaban J connectivity index is 1.55. The molecule has 0 atom stereocenters. The van der Waals surface area contributed by atoms with E-state index in [1.54, 1.807) is 38.7 Å². The van der Waals surface area contributed by atoms with E-state index in [1.807, 2.05) is 24.3 Å². The number of aryl methyl sites for hydroxylation is 2. The van der Waals surface area contributed by atoms with Crippen LogP contribution < -0.4 is 9.47 Å². The Hall–Kier alpha value is -3.67. The van der Waals surface area contributed by atoms with E-state index in [0.29, 0.717) is 28.3 Å². The average molecular weight is 414 g/mol. The first kappa shape index (κ1) is 19.3. The van der Waals surface area contributed by atoms with Gasteiger partial charge in [0.2, 0.25) is 5.78 Å². The Morgan fingerprint density at radius 3 is 2.61 bits per heavy atom. The number of carbonyl (C=O) groups is 1. The van der Waals surface area contributed by atoms with E-state index in [0.717, 1.165) is 42.3 Å². The second-order valence-corrected chi connectivity index (χ2v) is 7.58. The van der Waals surface area contributed by atoms with E-state index in [2.05, 4.69) is 9.97 Å². The normalized spacial score (nSPS) is 13.1. The number of aromatic nitrogens is 2. The number of rotatable bonds is 5. The van der Waals surface area contributed by atoms with Crippen LogP contribution in [0.15, 0.2) is 53.2 Å². The molecule has 0 amide bonds. The fourth-order valence-electron chi connectivity index (χ4n) is 4.21. The third-order valence-corrected chi connectivity index (χ3v) is 5.78. The van der Waals surface area contributed by atoms with E-state index in [4.69, 9.17) is 13.9 Å². The molecular weight excluding hydrogens is 392 g/mol. The molecule has 0 aliphatic heterocycles. The van der Waals surface area contributed by atoms with Crippen LogP contribution in [0.3, 0.4) is 0 Å². The van der Waals surface area contributed by atoms with Crippen LogP contribution in [-0.4, -0.2) is 30.0 Å². The number of nitrogens with zero attached hydrogens (tertiary/aromatic N) is 2. The van der Waals surface area contributed by atoms with Crippen LogP contribution >= 0.6 is 0 Å². The van der Waals surface area contributed by atoms with Crippen LogP contribution in [0.5, 0.6) is 11.5 Å². The smallest absolute Gasteiger partial charge is 0.229 e. The SMILES string of the molecule is COc1ccc(OC)c2c(-c3ccc(C(=O)c4cnc5c(c4)CCCC5)o3)ccnc12. The van der Waals surface area contributed by atoms with Gasteiger partial charge in [0.25, 0.3) is 0 Å². The highest BCUT2D eigenvalue weighted by Gasteiger charge is 2.20. The summed E-state index contributed by atoms with van der Waals surface area (Å²) >= 11 is 0. The van der Waals surface area contributed by atoms with Crippen molar-refractivity contribution in [2.75, 3.05) is 14.2 Å². The molecule has 0 saturated carbocycles. The number of carbonyl (C=O) groups excluding carboxylic acids is 1. The maximum Gasteiger partial charge on any atom is 0.229 e. The van der Waals surface area contributed by atoms with Crippen LogP contribution in [0.4, 0.5) is 0 Å². The predicted molar refractivity (Wildman–Crippen MR) is 117 cm³/mol. The minimum absolute atomic E-state index is 0.171. The van der Waals surface area contributed by atoms with E-state index < -0.39 is 0 Å². The Bertz CT molecular complexity index is 1290. The maximum atomic E-state index is 13.1. The van der Waals surface area contributed by atoms with Gasteiger partial charge in [0.05, 0.1) is 19.6 Å². The number of furan rings is 1. The first-order valence-electron chi connectivity index (χ1n) is 10.3. The van der Waals surface area contributed by atoms with Gasteiger partial charge in [-0.05, 0) is 67.6 Å². The van der Waals surface area contributed by atoms with Crippen molar-refractivity contribution in [2.45, 2.75) is 25.7 Å². The standard InChI is InChI=1S/C25H22N2O4/c1-29-20-8-9-21(30-2)24-23(20)17(11-12-26-24)19-7-10-22(31-19)25(28)16-13-15-5-3-4-6-18(15)27-14-16/h7-14H,3-6H2,1-2H3. The van der Waals surface area contributed by atoms with Crippen LogP contribution in [0.2, 0.25) is 0 Å². The van der Waals surface area contributed by atoms with Crippen LogP contribution in [0.25, 0.3) is 22.2 Å². The van der Waals surface area contributed by atoms with Gasteiger partial charge in [0.15, 0.2) is 5.76 Å². The molecule has 3 aromatic heterocycles. The molecule has 0 N–H and O–H groups in total. The van der Waals surface area contributed by atoms with Crippen molar-refractivity contribution in [3.8, 4) is 22.8 Å². The van der Waals surface area contributed by atoms with Crippen LogP contribution in [0, 0.1) is 0 Å². The first-order chi connectivity index (χ1) is 15.2. The van der Waals surface area contributed by atoms with Gasteiger partial charge in [0.1, 0.15) is 22.8 Å². The van der Waals surface area contributed by atoms with Crippen molar-refractivity contribution in [3.05, 3.63) is 71.4 Å². The molecule has 6 nitrogen and oxygen atoms in total. The van der Waals surface area contributed by atoms with Crippen molar-refractivity contribution >= 4 is 16.7 Å². The summed E-state index contributed by atoms with van der Waals surface area (Å²) in [5.41, 5.74) is 4.28. The molecule has 4 aromatic rings. The quantitative estimate of drug-likeness (QED) is 0.427. The van der Waals surface area contributed by atoms with Crippen molar-refractivity contribution in [1.29, 1.82) is 0 Å². The highest BCUT2D eigenvalue weighted by atomic mass is 16.5. The Morgan fingerprint density at radius 2 is 1.77 bits per heavy atom. The fraction of sp³-hybridized carbons (Fsp3) is 0.240. The highest BCUT2D eigenvalue weighted by molar-refractivity contribution is 6.08. The topological polar surface area (TPSA) is 74.5 Å². The molecule has 0 saturated heterocycles. The second kappa shape index (κ2) is 7.87. The zero-order valence-corrected chi connectivity index (χ0v) is 17.5. The molecular formula is C25H22N2O4. The molecule has 31 heavy (non-hydrogen) atoms. The monoisotopic (exact) mass is 414 g/mol. The maximum absolute atomic E-state index is 13.1. The zero-order chi connectivity index (χ0) is 21.4. The van der Waals surface area contributed by atoms with Crippen molar-refractivity contribution in [2.24, 2.45) is 0 Å². The van der Waals surface area contributed by atoms with Gasteiger partial charge < -0.3 is 13.9 Å². The van der Waals surface area contributed by atoms with Crippen LogP contribution in [-0.2, 0) is 12.8 Å². The summed E-state index contributed by atoms with van der Waals surface area (Å²) in [5.74, 6) is 1.96. The van der Waals surface area contributed by atoms with E-state index in [1.165, 1.54) is 5.56 Å². The van der Waals surface area contributed by atoms with Crippen LogP contribution in [0.1, 0.15) is 40.2 Å². The lowest BCUT2D eigenvalue weighted by atomic mass is 9.94.